The first-order valence-electron chi connectivity index (χ1n) is 4.35. The molecule has 1 aromatic rings. The number of rotatable bonds is 0. The topological polar surface area (TPSA) is 55.4 Å². The minimum absolute atomic E-state index is 0.145. The quantitative estimate of drug-likeness (QED) is 0.691. The Morgan fingerprint density at radius 2 is 2.14 bits per heavy atom. The molecule has 14 heavy (non-hydrogen) atoms. The lowest BCUT2D eigenvalue weighted by molar-refractivity contribution is 0.224. The Hall–Kier alpha value is -1.07. The van der Waals surface area contributed by atoms with Crippen LogP contribution in [0.25, 0.3) is 0 Å². The Balaban J connectivity index is 2.58. The van der Waals surface area contributed by atoms with Crippen LogP contribution in [0.5, 0.6) is 5.75 Å². The summed E-state index contributed by atoms with van der Waals surface area (Å²) < 4.78 is 31.2. The summed E-state index contributed by atoms with van der Waals surface area (Å²) in [6.07, 6.45) is -0.145. The highest BCUT2D eigenvalue weighted by molar-refractivity contribution is 7.89. The molecule has 0 aliphatic carbocycles. The van der Waals surface area contributed by atoms with Gasteiger partial charge in [-0.2, -0.15) is 0 Å². The van der Waals surface area contributed by atoms with Crippen molar-refractivity contribution in [3.63, 3.8) is 0 Å². The standard InChI is InChI=1S/C9H11NO3S/c1-7-6-10-14(11,12)9-5-3-2-4-8(9)13-7/h2-5,7,10H,6H2,1H3/t7-/m0/s1. The molecule has 1 N–H and O–H groups in total. The molecular weight excluding hydrogens is 202 g/mol. The van der Waals surface area contributed by atoms with Gasteiger partial charge in [0, 0.05) is 6.54 Å². The van der Waals surface area contributed by atoms with Gasteiger partial charge in [0.2, 0.25) is 10.0 Å². The summed E-state index contributed by atoms with van der Waals surface area (Å²) in [7, 11) is -3.39. The van der Waals surface area contributed by atoms with Crippen molar-refractivity contribution in [2.45, 2.75) is 17.9 Å². The van der Waals surface area contributed by atoms with Gasteiger partial charge in [-0.05, 0) is 19.1 Å². The summed E-state index contributed by atoms with van der Waals surface area (Å²) in [5.41, 5.74) is 0. The number of hydrogen-bond donors (Lipinski definition) is 1. The molecule has 0 saturated heterocycles. The fourth-order valence-corrected chi connectivity index (χ4v) is 2.58. The molecule has 0 bridgehead atoms. The van der Waals surface area contributed by atoms with Crippen molar-refractivity contribution in [1.82, 2.24) is 4.72 Å². The van der Waals surface area contributed by atoms with Gasteiger partial charge < -0.3 is 4.74 Å². The van der Waals surface area contributed by atoms with E-state index in [1.54, 1.807) is 18.2 Å². The zero-order valence-electron chi connectivity index (χ0n) is 7.73. The Labute approximate surface area is 82.9 Å². The fourth-order valence-electron chi connectivity index (χ4n) is 1.33. The van der Waals surface area contributed by atoms with E-state index in [0.29, 0.717) is 12.3 Å². The van der Waals surface area contributed by atoms with Gasteiger partial charge in [0.05, 0.1) is 0 Å². The minimum Gasteiger partial charge on any atom is -0.488 e. The number of sulfonamides is 1. The van der Waals surface area contributed by atoms with E-state index in [4.69, 9.17) is 4.74 Å². The molecule has 5 heteroatoms. The lowest BCUT2D eigenvalue weighted by Gasteiger charge is -2.09. The Kier molecular flexibility index (Phi) is 2.20. The van der Waals surface area contributed by atoms with E-state index in [1.807, 2.05) is 6.92 Å². The maximum atomic E-state index is 11.6. The van der Waals surface area contributed by atoms with E-state index in [2.05, 4.69) is 4.72 Å². The molecular formula is C9H11NO3S. The SMILES string of the molecule is C[C@H]1CNS(=O)(=O)c2ccccc2O1. The number of fused-ring (bicyclic) bond motifs is 1. The molecule has 76 valence electrons. The van der Waals surface area contributed by atoms with E-state index in [1.165, 1.54) is 6.07 Å². The van der Waals surface area contributed by atoms with Crippen LogP contribution >= 0.6 is 0 Å². The zero-order chi connectivity index (χ0) is 10.2. The van der Waals surface area contributed by atoms with Crippen LogP contribution in [-0.2, 0) is 10.0 Å². The maximum absolute atomic E-state index is 11.6. The molecule has 1 aromatic carbocycles. The van der Waals surface area contributed by atoms with Crippen LogP contribution in [0.4, 0.5) is 0 Å². The third-order valence-corrected chi connectivity index (χ3v) is 3.49. The molecule has 1 aliphatic heterocycles. The van der Waals surface area contributed by atoms with Crippen LogP contribution in [0.2, 0.25) is 0 Å². The van der Waals surface area contributed by atoms with E-state index in [-0.39, 0.29) is 11.0 Å². The molecule has 2 rings (SSSR count). The molecule has 0 unspecified atom stereocenters. The molecule has 4 nitrogen and oxygen atoms in total. The van der Waals surface area contributed by atoms with Crippen LogP contribution in [0.3, 0.4) is 0 Å². The summed E-state index contributed by atoms with van der Waals surface area (Å²) >= 11 is 0. The second-order valence-corrected chi connectivity index (χ2v) is 4.96. The molecule has 0 spiro atoms. The number of nitrogens with one attached hydrogen (secondary N) is 1. The third kappa shape index (κ3) is 1.60. The van der Waals surface area contributed by atoms with Gasteiger partial charge >= 0.3 is 0 Å². The minimum atomic E-state index is -3.39. The Morgan fingerprint density at radius 3 is 2.93 bits per heavy atom. The predicted octanol–water partition coefficient (Wildman–Crippen LogP) is 0.746. The van der Waals surface area contributed by atoms with Crippen molar-refractivity contribution in [2.24, 2.45) is 0 Å². The van der Waals surface area contributed by atoms with Crippen LogP contribution in [0.15, 0.2) is 29.2 Å². The summed E-state index contributed by atoms with van der Waals surface area (Å²) in [6, 6.07) is 6.63. The van der Waals surface area contributed by atoms with Crippen molar-refractivity contribution in [1.29, 1.82) is 0 Å². The van der Waals surface area contributed by atoms with Crippen LogP contribution in [-0.4, -0.2) is 21.1 Å². The highest BCUT2D eigenvalue weighted by Crippen LogP contribution is 2.25. The first-order valence-corrected chi connectivity index (χ1v) is 5.83. The van der Waals surface area contributed by atoms with Crippen molar-refractivity contribution in [2.75, 3.05) is 6.54 Å². The van der Waals surface area contributed by atoms with E-state index in [0.717, 1.165) is 0 Å². The molecule has 0 radical (unpaired) electrons. The molecule has 1 aliphatic rings. The van der Waals surface area contributed by atoms with Gasteiger partial charge in [0.15, 0.2) is 0 Å². The highest BCUT2D eigenvalue weighted by Gasteiger charge is 2.24. The van der Waals surface area contributed by atoms with E-state index in [9.17, 15) is 8.42 Å². The summed E-state index contributed by atoms with van der Waals surface area (Å²) in [6.45, 7) is 2.13. The highest BCUT2D eigenvalue weighted by atomic mass is 32.2. The average Bonchev–Trinajstić information content (AvgIpc) is 2.25. The fraction of sp³-hybridized carbons (Fsp3) is 0.333. The van der Waals surface area contributed by atoms with Crippen molar-refractivity contribution < 1.29 is 13.2 Å². The summed E-state index contributed by atoms with van der Waals surface area (Å²) in [5.74, 6) is 0.421. The largest absolute Gasteiger partial charge is 0.488 e. The van der Waals surface area contributed by atoms with Crippen molar-refractivity contribution in [3.05, 3.63) is 24.3 Å². The summed E-state index contributed by atoms with van der Waals surface area (Å²) in [5, 5.41) is 0. The average molecular weight is 213 g/mol. The first kappa shape index (κ1) is 9.48. The third-order valence-electron chi connectivity index (χ3n) is 2.03. The molecule has 0 saturated carbocycles. The lowest BCUT2D eigenvalue weighted by atomic mass is 10.3. The van der Waals surface area contributed by atoms with Gasteiger partial charge in [-0.25, -0.2) is 13.1 Å². The van der Waals surface area contributed by atoms with Gasteiger partial charge in [-0.15, -0.1) is 0 Å². The number of ether oxygens (including phenoxy) is 1. The number of benzene rings is 1. The monoisotopic (exact) mass is 213 g/mol. The Bertz CT molecular complexity index is 441. The van der Waals surface area contributed by atoms with Crippen LogP contribution in [0.1, 0.15) is 6.92 Å². The number of para-hydroxylation sites is 1. The van der Waals surface area contributed by atoms with Gasteiger partial charge in [0.25, 0.3) is 0 Å². The smallest absolute Gasteiger partial charge is 0.244 e. The van der Waals surface area contributed by atoms with Crippen molar-refractivity contribution >= 4 is 10.0 Å². The molecule has 0 fully saturated rings. The zero-order valence-corrected chi connectivity index (χ0v) is 8.54. The predicted molar refractivity (Wildman–Crippen MR) is 51.7 cm³/mol. The normalized spacial score (nSPS) is 24.5. The van der Waals surface area contributed by atoms with Crippen LogP contribution < -0.4 is 9.46 Å². The maximum Gasteiger partial charge on any atom is 0.244 e. The van der Waals surface area contributed by atoms with Crippen molar-refractivity contribution in [3.8, 4) is 5.75 Å². The molecule has 0 aromatic heterocycles. The van der Waals surface area contributed by atoms with Gasteiger partial charge in [0.1, 0.15) is 16.7 Å². The van der Waals surface area contributed by atoms with E-state index < -0.39 is 10.0 Å². The molecule has 0 amide bonds. The van der Waals surface area contributed by atoms with E-state index >= 15 is 0 Å². The van der Waals surface area contributed by atoms with Crippen LogP contribution in [0, 0.1) is 0 Å². The second-order valence-electron chi connectivity index (χ2n) is 3.23. The van der Waals surface area contributed by atoms with Gasteiger partial charge in [-0.1, -0.05) is 12.1 Å². The summed E-state index contributed by atoms with van der Waals surface area (Å²) in [4.78, 5) is 0.212. The lowest BCUT2D eigenvalue weighted by Crippen LogP contribution is -2.29. The first-order chi connectivity index (χ1) is 6.59. The second kappa shape index (κ2) is 3.25. The van der Waals surface area contributed by atoms with Gasteiger partial charge in [-0.3, -0.25) is 0 Å². The number of hydrogen-bond acceptors (Lipinski definition) is 3. The molecule has 1 atom stereocenters. The molecule has 1 heterocycles. The Morgan fingerprint density at radius 1 is 1.43 bits per heavy atom.